The van der Waals surface area contributed by atoms with E-state index in [1.807, 2.05) is 0 Å². The highest BCUT2D eigenvalue weighted by Gasteiger charge is 2.30. The number of aromatic hydroxyl groups is 3. The molecule has 0 aromatic heterocycles. The Morgan fingerprint density at radius 3 is 1.52 bits per heavy atom. The van der Waals surface area contributed by atoms with Crippen molar-refractivity contribution in [3.8, 4) is 28.7 Å². The lowest BCUT2D eigenvalue weighted by molar-refractivity contribution is 0.310. The summed E-state index contributed by atoms with van der Waals surface area (Å²) >= 11 is 0. The number of nitrogens with one attached hydrogen (secondary N) is 2. The first kappa shape index (κ1) is 66.2. The van der Waals surface area contributed by atoms with E-state index in [-0.39, 0.29) is 88.3 Å². The van der Waals surface area contributed by atoms with Gasteiger partial charge in [-0.1, -0.05) is 12.1 Å². The van der Waals surface area contributed by atoms with E-state index in [4.69, 9.17) is 24.3 Å². The number of hydrogen-bond acceptors (Lipinski definition) is 26. The lowest BCUT2D eigenvalue weighted by atomic mass is 10.0. The van der Waals surface area contributed by atoms with Crippen LogP contribution in [0.3, 0.4) is 0 Å². The molecule has 8 rings (SSSR count). The van der Waals surface area contributed by atoms with Gasteiger partial charge in [-0.3, -0.25) is 38.2 Å². The van der Waals surface area contributed by atoms with Gasteiger partial charge >= 0.3 is 0 Å². The third-order valence-corrected chi connectivity index (χ3v) is 17.9. The summed E-state index contributed by atoms with van der Waals surface area (Å²) in [6.45, 7) is 3.16. The minimum atomic E-state index is -5.52. The van der Waals surface area contributed by atoms with Crippen molar-refractivity contribution < 1.29 is 103 Å². The number of nitrogens with zero attached hydrogens (tertiary/aromatic N) is 6. The van der Waals surface area contributed by atoms with Crippen molar-refractivity contribution in [2.24, 2.45) is 30.7 Å². The predicted molar refractivity (Wildman–Crippen MR) is 320 cm³/mol. The van der Waals surface area contributed by atoms with Crippen molar-refractivity contribution in [1.29, 1.82) is 0 Å². The molecule has 0 spiro atoms. The summed E-state index contributed by atoms with van der Waals surface area (Å²) in [6, 6.07) is 19.1. The van der Waals surface area contributed by atoms with Crippen molar-refractivity contribution in [2.75, 3.05) is 41.3 Å². The van der Waals surface area contributed by atoms with Crippen LogP contribution in [0, 0.1) is 13.8 Å². The number of hydrogen-bond donors (Lipinski definition) is 12. The van der Waals surface area contributed by atoms with Crippen LogP contribution in [-0.2, 0) is 60.7 Å². The second-order valence-electron chi connectivity index (χ2n) is 19.3. The monoisotopic (exact) mass is 1350 g/mol. The lowest BCUT2D eigenvalue weighted by Crippen LogP contribution is -2.14. The Morgan fingerprint density at radius 2 is 0.921 bits per heavy atom. The zero-order chi connectivity index (χ0) is 65.3. The van der Waals surface area contributed by atoms with Crippen molar-refractivity contribution in [2.45, 2.75) is 52.7 Å². The van der Waals surface area contributed by atoms with E-state index in [0.717, 1.165) is 36.4 Å². The maximum absolute atomic E-state index is 12.9. The number of hydrazine groups is 1. The molecule has 0 saturated carbocycles. The molecule has 0 aliphatic rings. The van der Waals surface area contributed by atoms with E-state index in [0.29, 0.717) is 23.3 Å². The summed E-state index contributed by atoms with van der Waals surface area (Å²) < 4.78 is 218. The largest absolute Gasteiger partial charge is 0.505 e. The molecule has 8 aromatic carbocycles. The molecule has 89 heavy (non-hydrogen) atoms. The first-order chi connectivity index (χ1) is 41.4. The fourth-order valence-electron chi connectivity index (χ4n) is 8.67. The van der Waals surface area contributed by atoms with Gasteiger partial charge in [0, 0.05) is 16.2 Å². The predicted octanol–water partition coefficient (Wildman–Crippen LogP) is 9.84. The summed E-state index contributed by atoms with van der Waals surface area (Å²) in [6.07, 6.45) is 0.159. The fourth-order valence-corrected chi connectivity index (χ4v) is 12.4. The maximum Gasteiger partial charge on any atom is 0.296 e. The van der Waals surface area contributed by atoms with Crippen LogP contribution < -0.4 is 26.1 Å². The smallest absolute Gasteiger partial charge is 0.296 e. The third kappa shape index (κ3) is 15.9. The molecule has 32 nitrogen and oxygen atoms in total. The van der Waals surface area contributed by atoms with Gasteiger partial charge < -0.3 is 30.5 Å². The van der Waals surface area contributed by atoms with Gasteiger partial charge in [-0.2, -0.15) is 60.7 Å². The van der Waals surface area contributed by atoms with Gasteiger partial charge in [-0.15, -0.1) is 20.5 Å². The Balaban J connectivity index is 1.14. The molecule has 0 atom stereocenters. The molecule has 0 unspecified atom stereocenters. The number of rotatable bonds is 24. The summed E-state index contributed by atoms with van der Waals surface area (Å²) in [4.78, 5) is -4.32. The minimum absolute atomic E-state index is 0.0000198. The summed E-state index contributed by atoms with van der Waals surface area (Å²) in [5.74, 6) is -3.77. The molecule has 8 aromatic rings. The second-order valence-corrected chi connectivity index (χ2v) is 28.0. The number of anilines is 3. The Labute approximate surface area is 505 Å². The molecular formula is C51H49N9O23S6. The second kappa shape index (κ2) is 25.4. The van der Waals surface area contributed by atoms with Gasteiger partial charge in [0.25, 0.3) is 60.7 Å². The van der Waals surface area contributed by atoms with E-state index in [2.05, 4.69) is 41.5 Å². The van der Waals surface area contributed by atoms with Crippen LogP contribution in [0.1, 0.15) is 30.4 Å². The standard InChI is InChI=1S/C51H49N9O23S6/c1-26-6-12-38(82-14-3-4-16-84(64,65)66)35(18-26)55-59-46-41(87(73,74)75)22-28-20-30(8-10-32(28)49(46)61)53-57-37-25-40(86(70,71)72)34-24-43(89(79,80)81)48(51(63)44(34)45(37)52)58-54-31-9-11-33-29(21-31)23-42(88(76,77)78)47(50(33)62)60-56-36-19-27(2)7-13-39(36)83-15-5-17-85(67,68)69/h6-13,18-25,55,59,61-63H,3-5,14-17,52H2,1-2H3,(H,64,65,66)(H,67,68,69)(H,70,71,72)(H,73,74,75)(H,76,77,78)(H,79,80,81)/b57-53?,58-54-,60-56-. The Bertz CT molecular complexity index is 5030. The van der Waals surface area contributed by atoms with Crippen molar-refractivity contribution in [3.05, 3.63) is 108 Å². The molecule has 0 amide bonds. The van der Waals surface area contributed by atoms with Crippen molar-refractivity contribution in [1.82, 2.24) is 0 Å². The molecule has 0 bridgehead atoms. The van der Waals surface area contributed by atoms with Gasteiger partial charge in [-0.25, -0.2) is 0 Å². The van der Waals surface area contributed by atoms with Gasteiger partial charge in [-0.05, 0) is 140 Å². The fraction of sp³-hybridized carbons (Fsp3) is 0.176. The molecule has 0 fully saturated rings. The molecule has 0 heterocycles. The molecule has 0 radical (unpaired) electrons. The van der Waals surface area contributed by atoms with Gasteiger partial charge in [0.15, 0.2) is 11.5 Å². The number of benzene rings is 8. The molecule has 13 N–H and O–H groups in total. The van der Waals surface area contributed by atoms with E-state index in [1.54, 1.807) is 38.1 Å². The number of ether oxygens (including phenoxy) is 2. The third-order valence-electron chi connectivity index (χ3n) is 12.8. The number of azo groups is 3. The number of nitrogens with two attached hydrogens (primary N) is 1. The van der Waals surface area contributed by atoms with Crippen LogP contribution in [0.15, 0.2) is 147 Å². The summed E-state index contributed by atoms with van der Waals surface area (Å²) in [5, 5.41) is 56.0. The van der Waals surface area contributed by atoms with E-state index >= 15 is 0 Å². The summed E-state index contributed by atoms with van der Waals surface area (Å²) in [7, 11) is -29.9. The van der Waals surface area contributed by atoms with Crippen LogP contribution in [-0.4, -0.2) is 118 Å². The van der Waals surface area contributed by atoms with E-state index in [1.165, 1.54) is 24.3 Å². The van der Waals surface area contributed by atoms with Crippen LogP contribution in [0.25, 0.3) is 32.3 Å². The molecular weight excluding hydrogens is 1300 g/mol. The highest BCUT2D eigenvalue weighted by atomic mass is 32.2. The number of phenols is 3. The Kier molecular flexibility index (Phi) is 18.9. The van der Waals surface area contributed by atoms with Crippen molar-refractivity contribution >= 4 is 144 Å². The van der Waals surface area contributed by atoms with E-state index in [9.17, 15) is 84.0 Å². The molecule has 38 heteroatoms. The highest BCUT2D eigenvalue weighted by molar-refractivity contribution is 7.87. The minimum Gasteiger partial charge on any atom is -0.505 e. The van der Waals surface area contributed by atoms with Crippen LogP contribution in [0.4, 0.5) is 51.2 Å². The van der Waals surface area contributed by atoms with E-state index < -0.39 is 148 Å². The maximum atomic E-state index is 12.9. The molecule has 0 aliphatic carbocycles. The van der Waals surface area contributed by atoms with Crippen LogP contribution in [0.5, 0.6) is 28.7 Å². The first-order valence-electron chi connectivity index (χ1n) is 25.1. The average molecular weight is 1350 g/mol. The zero-order valence-electron chi connectivity index (χ0n) is 45.6. The topological polar surface area (TPSA) is 530 Å². The van der Waals surface area contributed by atoms with Crippen LogP contribution in [0.2, 0.25) is 0 Å². The molecule has 0 aliphatic heterocycles. The highest BCUT2D eigenvalue weighted by Crippen LogP contribution is 2.50. The zero-order valence-corrected chi connectivity index (χ0v) is 50.5. The number of nitrogen functional groups attached to an aromatic ring is 1. The van der Waals surface area contributed by atoms with Gasteiger partial charge in [0.1, 0.15) is 65.3 Å². The average Bonchev–Trinajstić information content (AvgIpc) is 1.01. The molecule has 0 saturated heterocycles. The quantitative estimate of drug-likeness (QED) is 0.00668. The lowest BCUT2D eigenvalue weighted by Gasteiger charge is -2.18. The molecule has 472 valence electrons. The summed E-state index contributed by atoms with van der Waals surface area (Å²) in [5.41, 5.74) is 8.96. The Hall–Kier alpha value is -8.80. The normalized spacial score (nSPS) is 12.9. The SMILES string of the molecule is Cc1ccc(OCCCS(=O)(=O)O)c(/N=N\c2c(S(=O)(=O)O)cc3cc(/N=N\c4c(S(=O)(=O)O)cc5c(S(=O)(=O)O)cc(N=Nc6ccc7c(O)c(NNc8cc(C)ccc8OCCCCS(=O)(=O)O)c(S(=O)(=O)O)cc7c6)c(N)c5c4O)ccc3c2O)c1. The number of phenolic OH excluding ortho intramolecular Hbond substituents is 3. The van der Waals surface area contributed by atoms with Gasteiger partial charge in [0.05, 0.1) is 52.9 Å². The first-order valence-corrected chi connectivity index (χ1v) is 34.1. The number of fused-ring (bicyclic) bond motifs is 3. The number of unbranched alkanes of at least 4 members (excludes halogenated alkanes) is 1. The Morgan fingerprint density at radius 1 is 0.438 bits per heavy atom. The number of aryl methyl sites for hydroxylation is 2. The van der Waals surface area contributed by atoms with Crippen molar-refractivity contribution in [3.63, 3.8) is 0 Å². The van der Waals surface area contributed by atoms with Crippen LogP contribution >= 0.6 is 0 Å². The van der Waals surface area contributed by atoms with Gasteiger partial charge in [0.2, 0.25) is 0 Å².